The maximum Gasteiger partial charge on any atom is 0.343 e. The van der Waals surface area contributed by atoms with Crippen molar-refractivity contribution in [2.75, 3.05) is 13.9 Å². The van der Waals surface area contributed by atoms with Crippen molar-refractivity contribution in [1.82, 2.24) is 4.98 Å². The number of H-pyrrole nitrogens is 1. The SMILES string of the molecule is COC(=O)c1c[nH]c(=O)c([C@H](CC(N)=O)c2ccc3c(c2)OCO3)c1O. The molecule has 0 saturated heterocycles. The topological polar surface area (TPSA) is 141 Å². The molecule has 0 bridgehead atoms. The molecule has 2 aromatic rings. The van der Waals surface area contributed by atoms with Gasteiger partial charge in [0, 0.05) is 18.5 Å². The number of amides is 1. The number of hydrogen-bond acceptors (Lipinski definition) is 7. The summed E-state index contributed by atoms with van der Waals surface area (Å²) in [6, 6.07) is 4.85. The van der Waals surface area contributed by atoms with Crippen molar-refractivity contribution < 1.29 is 28.9 Å². The van der Waals surface area contributed by atoms with Crippen molar-refractivity contribution >= 4 is 11.9 Å². The largest absolute Gasteiger partial charge is 0.506 e. The van der Waals surface area contributed by atoms with E-state index >= 15 is 0 Å². The molecular formula is C17H16N2O7. The first kappa shape index (κ1) is 17.3. The van der Waals surface area contributed by atoms with Crippen LogP contribution in [-0.2, 0) is 9.53 Å². The Morgan fingerprint density at radius 1 is 1.35 bits per heavy atom. The number of nitrogens with one attached hydrogen (secondary N) is 1. The van der Waals surface area contributed by atoms with Crippen LogP contribution in [0.5, 0.6) is 17.2 Å². The second-order valence-corrected chi connectivity index (χ2v) is 5.62. The molecule has 1 aliphatic heterocycles. The van der Waals surface area contributed by atoms with E-state index in [-0.39, 0.29) is 24.3 Å². The van der Waals surface area contributed by atoms with Crippen LogP contribution in [0.3, 0.4) is 0 Å². The van der Waals surface area contributed by atoms with Crippen LogP contribution >= 0.6 is 0 Å². The van der Waals surface area contributed by atoms with E-state index in [2.05, 4.69) is 9.72 Å². The quantitative estimate of drug-likeness (QED) is 0.663. The Morgan fingerprint density at radius 3 is 2.77 bits per heavy atom. The van der Waals surface area contributed by atoms with E-state index in [1.807, 2.05) is 0 Å². The number of rotatable bonds is 5. The third-order valence-corrected chi connectivity index (χ3v) is 4.06. The fraction of sp³-hybridized carbons (Fsp3) is 0.235. The highest BCUT2D eigenvalue weighted by Gasteiger charge is 2.28. The molecule has 1 aromatic heterocycles. The molecule has 26 heavy (non-hydrogen) atoms. The summed E-state index contributed by atoms with van der Waals surface area (Å²) in [5.74, 6) is -2.01. The van der Waals surface area contributed by atoms with E-state index in [1.165, 1.54) is 0 Å². The van der Waals surface area contributed by atoms with Gasteiger partial charge in [-0.2, -0.15) is 0 Å². The van der Waals surface area contributed by atoms with E-state index < -0.39 is 29.1 Å². The van der Waals surface area contributed by atoms with Gasteiger partial charge in [-0.25, -0.2) is 4.79 Å². The molecule has 9 heteroatoms. The van der Waals surface area contributed by atoms with Gasteiger partial charge in [-0.15, -0.1) is 0 Å². The number of fused-ring (bicyclic) bond motifs is 1. The molecule has 136 valence electrons. The molecular weight excluding hydrogens is 344 g/mol. The predicted octanol–water partition coefficient (Wildman–Crippen LogP) is 0.603. The minimum absolute atomic E-state index is 0.0585. The molecule has 0 saturated carbocycles. The van der Waals surface area contributed by atoms with Crippen molar-refractivity contribution in [3.8, 4) is 17.2 Å². The number of hydrogen-bond donors (Lipinski definition) is 3. The van der Waals surface area contributed by atoms with E-state index in [4.69, 9.17) is 15.2 Å². The molecule has 0 radical (unpaired) electrons. The molecule has 0 aliphatic carbocycles. The van der Waals surface area contributed by atoms with Crippen LogP contribution in [0.4, 0.5) is 0 Å². The van der Waals surface area contributed by atoms with Crippen LogP contribution in [0.1, 0.15) is 33.8 Å². The molecule has 0 spiro atoms. The number of primary amides is 1. The minimum atomic E-state index is -0.893. The Balaban J connectivity index is 2.16. The Morgan fingerprint density at radius 2 is 2.08 bits per heavy atom. The number of aromatic amines is 1. The van der Waals surface area contributed by atoms with Gasteiger partial charge in [-0.05, 0) is 17.7 Å². The normalized spacial score (nSPS) is 13.3. The van der Waals surface area contributed by atoms with Crippen molar-refractivity contribution in [1.29, 1.82) is 0 Å². The third kappa shape index (κ3) is 3.06. The van der Waals surface area contributed by atoms with Crippen LogP contribution in [0.15, 0.2) is 29.2 Å². The fourth-order valence-corrected chi connectivity index (χ4v) is 2.84. The van der Waals surface area contributed by atoms with Crippen LogP contribution < -0.4 is 20.8 Å². The molecule has 1 amide bonds. The Labute approximate surface area is 147 Å². The highest BCUT2D eigenvalue weighted by Crippen LogP contribution is 2.39. The zero-order chi connectivity index (χ0) is 18.8. The van der Waals surface area contributed by atoms with Crippen molar-refractivity contribution in [2.24, 2.45) is 5.73 Å². The molecule has 1 aromatic carbocycles. The van der Waals surface area contributed by atoms with Gasteiger partial charge >= 0.3 is 5.97 Å². The summed E-state index contributed by atoms with van der Waals surface area (Å²) in [6.07, 6.45) is 0.787. The van der Waals surface area contributed by atoms with Crippen LogP contribution in [0.25, 0.3) is 0 Å². The number of ether oxygens (including phenoxy) is 3. The number of aromatic nitrogens is 1. The van der Waals surface area contributed by atoms with Crippen molar-refractivity contribution in [3.05, 3.63) is 51.4 Å². The van der Waals surface area contributed by atoms with Gasteiger partial charge in [0.25, 0.3) is 5.56 Å². The Kier molecular flexibility index (Phi) is 4.53. The average Bonchev–Trinajstić information content (AvgIpc) is 3.07. The number of esters is 1. The molecule has 0 unspecified atom stereocenters. The van der Waals surface area contributed by atoms with Crippen molar-refractivity contribution in [2.45, 2.75) is 12.3 Å². The molecule has 1 atom stereocenters. The lowest BCUT2D eigenvalue weighted by molar-refractivity contribution is -0.118. The van der Waals surface area contributed by atoms with Crippen LogP contribution in [-0.4, -0.2) is 35.9 Å². The van der Waals surface area contributed by atoms with E-state index in [0.29, 0.717) is 17.1 Å². The van der Waals surface area contributed by atoms with Gasteiger partial charge in [0.15, 0.2) is 11.5 Å². The first-order valence-electron chi connectivity index (χ1n) is 7.63. The highest BCUT2D eigenvalue weighted by atomic mass is 16.7. The molecule has 4 N–H and O–H groups in total. The van der Waals surface area contributed by atoms with Gasteiger partial charge in [0.2, 0.25) is 12.7 Å². The maximum atomic E-state index is 12.4. The summed E-state index contributed by atoms with van der Waals surface area (Å²) < 4.78 is 15.1. The van der Waals surface area contributed by atoms with Crippen molar-refractivity contribution in [3.63, 3.8) is 0 Å². The number of carbonyl (C=O) groups is 2. The standard InChI is InChI=1S/C17H16N2O7/c1-24-17(23)10-6-19-16(22)14(15(10)21)9(5-13(18)20)8-2-3-11-12(4-8)26-7-25-11/h2-4,6,9H,5,7H2,1H3,(H2,18,20)(H2,19,21,22)/t9-/m1/s1. The number of aromatic hydroxyl groups is 1. The van der Waals surface area contributed by atoms with Gasteiger partial charge in [-0.1, -0.05) is 6.07 Å². The smallest absolute Gasteiger partial charge is 0.343 e. The molecule has 3 rings (SSSR count). The van der Waals surface area contributed by atoms with Crippen LogP contribution in [0, 0.1) is 0 Å². The number of pyridine rings is 1. The van der Waals surface area contributed by atoms with Gasteiger partial charge in [-0.3, -0.25) is 9.59 Å². The predicted molar refractivity (Wildman–Crippen MR) is 88.3 cm³/mol. The molecule has 1 aliphatic rings. The van der Waals surface area contributed by atoms with E-state index in [9.17, 15) is 19.5 Å². The van der Waals surface area contributed by atoms with Gasteiger partial charge < -0.3 is 30.0 Å². The number of carbonyl (C=O) groups excluding carboxylic acids is 2. The zero-order valence-electron chi connectivity index (χ0n) is 13.8. The molecule has 0 fully saturated rings. The Bertz CT molecular complexity index is 935. The monoisotopic (exact) mass is 360 g/mol. The van der Waals surface area contributed by atoms with Gasteiger partial charge in [0.05, 0.1) is 12.7 Å². The first-order valence-corrected chi connectivity index (χ1v) is 7.63. The van der Waals surface area contributed by atoms with Crippen LogP contribution in [0.2, 0.25) is 0 Å². The zero-order valence-corrected chi connectivity index (χ0v) is 13.8. The summed E-state index contributed by atoms with van der Waals surface area (Å²) in [7, 11) is 1.14. The molecule has 2 heterocycles. The van der Waals surface area contributed by atoms with E-state index in [1.54, 1.807) is 18.2 Å². The molecule has 9 nitrogen and oxygen atoms in total. The summed E-state index contributed by atoms with van der Waals surface area (Å²) in [5.41, 5.74) is 4.78. The highest BCUT2D eigenvalue weighted by molar-refractivity contribution is 5.92. The lowest BCUT2D eigenvalue weighted by atomic mass is 9.87. The number of nitrogens with two attached hydrogens (primary N) is 1. The third-order valence-electron chi connectivity index (χ3n) is 4.06. The minimum Gasteiger partial charge on any atom is -0.506 e. The van der Waals surface area contributed by atoms with Gasteiger partial charge in [0.1, 0.15) is 11.3 Å². The number of methoxy groups -OCH3 is 1. The van der Waals surface area contributed by atoms with E-state index in [0.717, 1.165) is 13.3 Å². The summed E-state index contributed by atoms with van der Waals surface area (Å²) in [4.78, 5) is 38.1. The fourth-order valence-electron chi connectivity index (χ4n) is 2.84. The average molecular weight is 360 g/mol. The second kappa shape index (κ2) is 6.79. The first-order chi connectivity index (χ1) is 12.4. The Hall–Kier alpha value is -3.49. The summed E-state index contributed by atoms with van der Waals surface area (Å²) >= 11 is 0. The lowest BCUT2D eigenvalue weighted by Gasteiger charge is -2.18. The lowest BCUT2D eigenvalue weighted by Crippen LogP contribution is -2.23. The maximum absolute atomic E-state index is 12.4. The summed E-state index contributed by atoms with van der Waals surface area (Å²) in [6.45, 7) is 0.0585. The number of benzene rings is 1. The summed E-state index contributed by atoms with van der Waals surface area (Å²) in [5, 5.41) is 10.5. The second-order valence-electron chi connectivity index (χ2n) is 5.62.